The summed E-state index contributed by atoms with van der Waals surface area (Å²) < 4.78 is 7.36. The molecule has 0 unspecified atom stereocenters. The Balaban J connectivity index is 1.47. The van der Waals surface area contributed by atoms with E-state index in [1.807, 2.05) is 41.1 Å². The summed E-state index contributed by atoms with van der Waals surface area (Å²) >= 11 is 0. The fourth-order valence-corrected chi connectivity index (χ4v) is 3.60. The van der Waals surface area contributed by atoms with Crippen molar-refractivity contribution in [3.63, 3.8) is 0 Å². The number of nitrogens with zero attached hydrogens (tertiary/aromatic N) is 7. The van der Waals surface area contributed by atoms with Gasteiger partial charge in [0.15, 0.2) is 17.3 Å². The quantitative estimate of drug-likeness (QED) is 0.384. The van der Waals surface area contributed by atoms with Crippen molar-refractivity contribution in [3.05, 3.63) is 73.2 Å². The van der Waals surface area contributed by atoms with Gasteiger partial charge in [-0.2, -0.15) is 0 Å². The van der Waals surface area contributed by atoms with Crippen LogP contribution in [0.2, 0.25) is 0 Å². The summed E-state index contributed by atoms with van der Waals surface area (Å²) in [5, 5.41) is 3.42. The number of methoxy groups -OCH3 is 1. The van der Waals surface area contributed by atoms with Crippen LogP contribution < -0.4 is 10.1 Å². The average Bonchev–Trinajstić information content (AvgIpc) is 3.33. The van der Waals surface area contributed by atoms with Gasteiger partial charge in [-0.25, -0.2) is 15.0 Å². The van der Waals surface area contributed by atoms with Gasteiger partial charge in [0.2, 0.25) is 0 Å². The summed E-state index contributed by atoms with van der Waals surface area (Å²) in [5.41, 5.74) is 5.12. The maximum absolute atomic E-state index is 5.33. The van der Waals surface area contributed by atoms with E-state index in [9.17, 15) is 0 Å². The van der Waals surface area contributed by atoms with Gasteiger partial charge >= 0.3 is 0 Å². The lowest BCUT2D eigenvalue weighted by molar-refractivity contribution is 0.413. The third kappa shape index (κ3) is 4.27. The lowest BCUT2D eigenvalue weighted by Gasteiger charge is -2.12. The normalized spacial score (nSPS) is 11.2. The van der Waals surface area contributed by atoms with Crippen LogP contribution in [0.15, 0.2) is 67.6 Å². The molecule has 5 aromatic heterocycles. The Morgan fingerprint density at radius 3 is 2.59 bits per heavy atom. The molecule has 5 heterocycles. The van der Waals surface area contributed by atoms with Crippen LogP contribution in [0.3, 0.4) is 0 Å². The summed E-state index contributed by atoms with van der Waals surface area (Å²) in [6.45, 7) is 4.73. The first-order valence-electron chi connectivity index (χ1n) is 11.0. The highest BCUT2D eigenvalue weighted by atomic mass is 16.5. The van der Waals surface area contributed by atoms with Crippen molar-refractivity contribution in [1.29, 1.82) is 0 Å². The van der Waals surface area contributed by atoms with Crippen LogP contribution in [0.4, 0.5) is 5.82 Å². The predicted octanol–water partition coefficient (Wildman–Crippen LogP) is 4.55. The Morgan fingerprint density at radius 1 is 0.971 bits per heavy atom. The van der Waals surface area contributed by atoms with Crippen LogP contribution in [0.1, 0.15) is 25.5 Å². The van der Waals surface area contributed by atoms with E-state index < -0.39 is 0 Å². The Morgan fingerprint density at radius 2 is 1.85 bits per heavy atom. The van der Waals surface area contributed by atoms with Crippen LogP contribution in [0.5, 0.6) is 5.75 Å². The third-order valence-corrected chi connectivity index (χ3v) is 5.43. The fourth-order valence-electron chi connectivity index (χ4n) is 3.60. The minimum atomic E-state index is 0.202. The van der Waals surface area contributed by atoms with Gasteiger partial charge < -0.3 is 14.6 Å². The minimum Gasteiger partial charge on any atom is -0.495 e. The van der Waals surface area contributed by atoms with E-state index in [4.69, 9.17) is 14.7 Å². The lowest BCUT2D eigenvalue weighted by atomic mass is 10.1. The standard InChI is InChI=1S/C25H24N8O/c1-16(2)33-15-30-22-24(31-23(32-25(22)33)19-9-20(34-3)14-27-13-19)29-11-17-6-7-21(28-10-17)18-5-4-8-26-12-18/h4-10,12-16H,11H2,1-3H3,(H,29,31,32). The number of imidazole rings is 1. The molecule has 1 N–H and O–H groups in total. The zero-order valence-corrected chi connectivity index (χ0v) is 19.2. The van der Waals surface area contributed by atoms with Crippen molar-refractivity contribution in [1.82, 2.24) is 34.5 Å². The molecular weight excluding hydrogens is 428 g/mol. The molecular formula is C25H24N8O. The molecule has 0 aliphatic carbocycles. The zero-order chi connectivity index (χ0) is 23.5. The number of hydrogen-bond donors (Lipinski definition) is 1. The van der Waals surface area contributed by atoms with E-state index in [0.717, 1.165) is 28.0 Å². The van der Waals surface area contributed by atoms with Crippen molar-refractivity contribution in [2.24, 2.45) is 0 Å². The lowest BCUT2D eigenvalue weighted by Crippen LogP contribution is -2.06. The van der Waals surface area contributed by atoms with Gasteiger partial charge in [0, 0.05) is 48.5 Å². The number of ether oxygens (including phenoxy) is 1. The van der Waals surface area contributed by atoms with Crippen molar-refractivity contribution in [3.8, 4) is 28.4 Å². The van der Waals surface area contributed by atoms with Crippen LogP contribution in [0.25, 0.3) is 33.8 Å². The van der Waals surface area contributed by atoms with E-state index in [2.05, 4.69) is 39.1 Å². The molecule has 170 valence electrons. The number of aromatic nitrogens is 7. The number of pyridine rings is 3. The van der Waals surface area contributed by atoms with Crippen molar-refractivity contribution in [2.45, 2.75) is 26.4 Å². The number of nitrogens with one attached hydrogen (secondary N) is 1. The molecule has 0 amide bonds. The predicted molar refractivity (Wildman–Crippen MR) is 130 cm³/mol. The molecule has 0 fully saturated rings. The van der Waals surface area contributed by atoms with E-state index in [1.54, 1.807) is 38.2 Å². The first-order valence-corrected chi connectivity index (χ1v) is 11.0. The second kappa shape index (κ2) is 9.22. The van der Waals surface area contributed by atoms with Crippen LogP contribution >= 0.6 is 0 Å². The molecule has 9 heteroatoms. The topological polar surface area (TPSA) is 104 Å². The number of fused-ring (bicyclic) bond motifs is 1. The molecule has 0 aliphatic rings. The number of anilines is 1. The average molecular weight is 453 g/mol. The van der Waals surface area contributed by atoms with Gasteiger partial charge in [-0.05, 0) is 43.7 Å². The molecule has 9 nitrogen and oxygen atoms in total. The highest BCUT2D eigenvalue weighted by Gasteiger charge is 2.16. The second-order valence-electron chi connectivity index (χ2n) is 8.07. The van der Waals surface area contributed by atoms with Gasteiger partial charge in [-0.3, -0.25) is 15.0 Å². The van der Waals surface area contributed by atoms with Crippen LogP contribution in [-0.2, 0) is 6.54 Å². The SMILES string of the molecule is COc1cncc(-c2nc(NCc3ccc(-c4cccnc4)nc3)c3ncn(C(C)C)c3n2)c1. The van der Waals surface area contributed by atoms with Gasteiger partial charge in [0.1, 0.15) is 11.3 Å². The van der Waals surface area contributed by atoms with Gasteiger partial charge in [0.05, 0.1) is 25.3 Å². The first-order chi connectivity index (χ1) is 16.6. The van der Waals surface area contributed by atoms with Gasteiger partial charge in [-0.15, -0.1) is 0 Å². The molecule has 5 aromatic rings. The Bertz CT molecular complexity index is 1410. The Labute approximate surface area is 197 Å². The summed E-state index contributed by atoms with van der Waals surface area (Å²) in [5.74, 6) is 1.85. The largest absolute Gasteiger partial charge is 0.495 e. The van der Waals surface area contributed by atoms with Crippen LogP contribution in [0, 0.1) is 0 Å². The molecule has 0 atom stereocenters. The highest BCUT2D eigenvalue weighted by molar-refractivity contribution is 5.85. The molecule has 0 bridgehead atoms. The van der Waals surface area contributed by atoms with E-state index in [0.29, 0.717) is 29.5 Å². The number of rotatable bonds is 7. The molecule has 0 radical (unpaired) electrons. The molecule has 5 rings (SSSR count). The zero-order valence-electron chi connectivity index (χ0n) is 19.2. The third-order valence-electron chi connectivity index (χ3n) is 5.43. The van der Waals surface area contributed by atoms with Gasteiger partial charge in [0.25, 0.3) is 0 Å². The molecule has 0 saturated heterocycles. The van der Waals surface area contributed by atoms with Crippen molar-refractivity contribution >= 4 is 17.0 Å². The van der Waals surface area contributed by atoms with Gasteiger partial charge in [-0.1, -0.05) is 6.07 Å². The highest BCUT2D eigenvalue weighted by Crippen LogP contribution is 2.27. The van der Waals surface area contributed by atoms with Crippen molar-refractivity contribution < 1.29 is 4.74 Å². The Hall–Kier alpha value is -4.40. The second-order valence-corrected chi connectivity index (χ2v) is 8.07. The van der Waals surface area contributed by atoms with Crippen molar-refractivity contribution in [2.75, 3.05) is 12.4 Å². The summed E-state index contributed by atoms with van der Waals surface area (Å²) in [4.78, 5) is 27.2. The smallest absolute Gasteiger partial charge is 0.166 e. The molecule has 0 aliphatic heterocycles. The maximum atomic E-state index is 5.33. The minimum absolute atomic E-state index is 0.202. The van der Waals surface area contributed by atoms with E-state index >= 15 is 0 Å². The summed E-state index contributed by atoms with van der Waals surface area (Å²) in [6, 6.07) is 10.00. The Kier molecular flexibility index (Phi) is 5.82. The summed E-state index contributed by atoms with van der Waals surface area (Å²) in [6.07, 6.45) is 10.6. The molecule has 0 spiro atoms. The molecule has 34 heavy (non-hydrogen) atoms. The molecule has 0 saturated carbocycles. The fraction of sp³-hybridized carbons (Fsp3) is 0.200. The maximum Gasteiger partial charge on any atom is 0.166 e. The van der Waals surface area contributed by atoms with Crippen LogP contribution in [-0.4, -0.2) is 41.6 Å². The first kappa shape index (κ1) is 21.4. The number of hydrogen-bond acceptors (Lipinski definition) is 8. The van der Waals surface area contributed by atoms with E-state index in [-0.39, 0.29) is 6.04 Å². The monoisotopic (exact) mass is 452 g/mol. The molecule has 0 aromatic carbocycles. The van der Waals surface area contributed by atoms with E-state index in [1.165, 1.54) is 0 Å². The summed E-state index contributed by atoms with van der Waals surface area (Å²) in [7, 11) is 1.61.